The van der Waals surface area contributed by atoms with E-state index in [1.807, 2.05) is 30.5 Å². The third kappa shape index (κ3) is 2.50. The van der Waals surface area contributed by atoms with Gasteiger partial charge in [0, 0.05) is 23.1 Å². The molecule has 1 unspecified atom stereocenters. The van der Waals surface area contributed by atoms with Gasteiger partial charge in [-0.25, -0.2) is 9.97 Å². The average molecular weight is 299 g/mol. The summed E-state index contributed by atoms with van der Waals surface area (Å²) < 4.78 is 0. The monoisotopic (exact) mass is 299 g/mol. The quantitative estimate of drug-likeness (QED) is 0.591. The van der Waals surface area contributed by atoms with Gasteiger partial charge in [-0.05, 0) is 17.7 Å². The predicted octanol–water partition coefficient (Wildman–Crippen LogP) is 4.78. The lowest BCUT2D eigenvalue weighted by Gasteiger charge is -2.14. The molecule has 0 aliphatic rings. The van der Waals surface area contributed by atoms with Crippen LogP contribution in [-0.2, 0) is 0 Å². The second-order valence-corrected chi connectivity index (χ2v) is 5.70. The van der Waals surface area contributed by atoms with Crippen molar-refractivity contribution in [2.75, 3.05) is 0 Å². The van der Waals surface area contributed by atoms with Gasteiger partial charge in [0.2, 0.25) is 0 Å². The Balaban J connectivity index is 1.94. The molecule has 0 aliphatic heterocycles. The molecule has 0 amide bonds. The lowest BCUT2D eigenvalue weighted by atomic mass is 9.93. The zero-order valence-electron chi connectivity index (χ0n) is 12.9. The highest BCUT2D eigenvalue weighted by molar-refractivity contribution is 5.86. The molecule has 0 fully saturated rings. The van der Waals surface area contributed by atoms with E-state index in [1.54, 1.807) is 6.33 Å². The van der Waals surface area contributed by atoms with Gasteiger partial charge in [0.05, 0.1) is 23.2 Å². The second-order valence-electron chi connectivity index (χ2n) is 5.70. The number of nitrogens with one attached hydrogen (secondary N) is 1. The maximum atomic E-state index is 4.84. The van der Waals surface area contributed by atoms with Gasteiger partial charge in [0.15, 0.2) is 0 Å². The largest absolute Gasteiger partial charge is 0.351 e. The Morgan fingerprint density at radius 2 is 1.74 bits per heavy atom. The van der Waals surface area contributed by atoms with Crippen molar-refractivity contribution in [2.24, 2.45) is 0 Å². The van der Waals surface area contributed by atoms with Crippen LogP contribution >= 0.6 is 0 Å². The number of rotatable bonds is 3. The van der Waals surface area contributed by atoms with Crippen molar-refractivity contribution in [3.05, 3.63) is 84.4 Å². The Labute approximate surface area is 135 Å². The summed E-state index contributed by atoms with van der Waals surface area (Å²) in [5.41, 5.74) is 5.45. The van der Waals surface area contributed by atoms with Crippen LogP contribution in [0, 0.1) is 0 Å². The highest BCUT2D eigenvalue weighted by Crippen LogP contribution is 2.32. The summed E-state index contributed by atoms with van der Waals surface area (Å²) in [6.45, 7) is 2.19. The summed E-state index contributed by atoms with van der Waals surface area (Å²) in [7, 11) is 0. The Bertz CT molecular complexity index is 928. The van der Waals surface area contributed by atoms with Crippen molar-refractivity contribution in [2.45, 2.75) is 12.8 Å². The number of hydrogen-bond acceptors (Lipinski definition) is 2. The number of para-hydroxylation sites is 1. The molecule has 0 saturated heterocycles. The molecule has 0 bridgehead atoms. The molecule has 0 spiro atoms. The van der Waals surface area contributed by atoms with Crippen molar-refractivity contribution >= 4 is 10.9 Å². The van der Waals surface area contributed by atoms with Crippen LogP contribution in [-0.4, -0.2) is 15.0 Å². The van der Waals surface area contributed by atoms with Crippen molar-refractivity contribution in [1.82, 2.24) is 15.0 Å². The molecule has 0 radical (unpaired) electrons. The fourth-order valence-corrected chi connectivity index (χ4v) is 2.99. The molecular formula is C20H17N3. The van der Waals surface area contributed by atoms with E-state index in [4.69, 9.17) is 4.98 Å². The summed E-state index contributed by atoms with van der Waals surface area (Å²) in [5.74, 6) is 0.205. The van der Waals surface area contributed by atoms with Crippen molar-refractivity contribution in [3.8, 4) is 11.3 Å². The summed E-state index contributed by atoms with van der Waals surface area (Å²) >= 11 is 0. The number of nitrogens with zero attached hydrogens (tertiary/aromatic N) is 2. The lowest BCUT2D eigenvalue weighted by Crippen LogP contribution is -2.00. The topological polar surface area (TPSA) is 41.6 Å². The lowest BCUT2D eigenvalue weighted by molar-refractivity contribution is 0.891. The molecule has 3 nitrogen and oxygen atoms in total. The minimum Gasteiger partial charge on any atom is -0.351 e. The molecular weight excluding hydrogens is 282 g/mol. The standard InChI is InChI=1S/C20H17N3/c1-14(20-12-21-13-22-20)17-11-19(15-7-3-2-4-8-15)23-18-10-6-5-9-16(17)18/h2-14H,1H3,(H,21,22). The Hall–Kier alpha value is -2.94. The van der Waals surface area contributed by atoms with Crippen LogP contribution in [0.4, 0.5) is 0 Å². The second kappa shape index (κ2) is 5.69. The van der Waals surface area contributed by atoms with E-state index in [-0.39, 0.29) is 5.92 Å². The van der Waals surface area contributed by atoms with E-state index in [0.29, 0.717) is 0 Å². The smallest absolute Gasteiger partial charge is 0.0923 e. The molecule has 4 aromatic rings. The fraction of sp³-hybridized carbons (Fsp3) is 0.100. The molecule has 112 valence electrons. The number of imidazole rings is 1. The van der Waals surface area contributed by atoms with Crippen LogP contribution in [0.15, 0.2) is 73.2 Å². The number of benzene rings is 2. The number of aromatic nitrogens is 3. The first-order chi connectivity index (χ1) is 11.3. The zero-order valence-corrected chi connectivity index (χ0v) is 12.9. The van der Waals surface area contributed by atoms with Gasteiger partial charge in [-0.2, -0.15) is 0 Å². The van der Waals surface area contributed by atoms with Crippen molar-refractivity contribution in [1.29, 1.82) is 0 Å². The summed E-state index contributed by atoms with van der Waals surface area (Å²) in [5, 5.41) is 1.18. The highest BCUT2D eigenvalue weighted by Gasteiger charge is 2.16. The van der Waals surface area contributed by atoms with E-state index >= 15 is 0 Å². The van der Waals surface area contributed by atoms with E-state index in [0.717, 1.165) is 22.5 Å². The normalized spacial score (nSPS) is 12.4. The molecule has 2 heterocycles. The van der Waals surface area contributed by atoms with Gasteiger partial charge in [0.1, 0.15) is 0 Å². The number of pyridine rings is 1. The summed E-state index contributed by atoms with van der Waals surface area (Å²) in [6, 6.07) is 20.8. The average Bonchev–Trinajstić information content (AvgIpc) is 3.15. The van der Waals surface area contributed by atoms with Gasteiger partial charge < -0.3 is 4.98 Å². The summed E-state index contributed by atoms with van der Waals surface area (Å²) in [6.07, 6.45) is 3.69. The van der Waals surface area contributed by atoms with Gasteiger partial charge in [-0.1, -0.05) is 55.5 Å². The maximum absolute atomic E-state index is 4.84. The molecule has 23 heavy (non-hydrogen) atoms. The van der Waals surface area contributed by atoms with Crippen LogP contribution < -0.4 is 0 Å². The third-order valence-corrected chi connectivity index (χ3v) is 4.25. The van der Waals surface area contributed by atoms with Crippen LogP contribution in [0.3, 0.4) is 0 Å². The number of aromatic amines is 1. The predicted molar refractivity (Wildman–Crippen MR) is 93.3 cm³/mol. The van der Waals surface area contributed by atoms with Gasteiger partial charge in [0.25, 0.3) is 0 Å². The molecule has 3 heteroatoms. The summed E-state index contributed by atoms with van der Waals surface area (Å²) in [4.78, 5) is 12.3. The van der Waals surface area contributed by atoms with E-state index in [1.165, 1.54) is 10.9 Å². The molecule has 1 atom stereocenters. The van der Waals surface area contributed by atoms with Crippen LogP contribution in [0.5, 0.6) is 0 Å². The molecule has 2 aromatic heterocycles. The maximum Gasteiger partial charge on any atom is 0.0923 e. The molecule has 4 rings (SSSR count). The Morgan fingerprint density at radius 3 is 2.52 bits per heavy atom. The number of fused-ring (bicyclic) bond motifs is 1. The number of H-pyrrole nitrogens is 1. The molecule has 0 aliphatic carbocycles. The van der Waals surface area contributed by atoms with E-state index in [2.05, 4.69) is 53.3 Å². The van der Waals surface area contributed by atoms with Crippen LogP contribution in [0.1, 0.15) is 24.1 Å². The minimum absolute atomic E-state index is 0.205. The SMILES string of the molecule is CC(c1c[nH]cn1)c1cc(-c2ccccc2)nc2ccccc12. The molecule has 0 saturated carbocycles. The first-order valence-corrected chi connectivity index (χ1v) is 7.77. The van der Waals surface area contributed by atoms with E-state index < -0.39 is 0 Å². The Morgan fingerprint density at radius 1 is 0.957 bits per heavy atom. The fourth-order valence-electron chi connectivity index (χ4n) is 2.99. The molecule has 2 aromatic carbocycles. The van der Waals surface area contributed by atoms with Crippen LogP contribution in [0.2, 0.25) is 0 Å². The molecule has 1 N–H and O–H groups in total. The van der Waals surface area contributed by atoms with Crippen molar-refractivity contribution in [3.63, 3.8) is 0 Å². The number of hydrogen-bond donors (Lipinski definition) is 1. The van der Waals surface area contributed by atoms with Gasteiger partial charge >= 0.3 is 0 Å². The first-order valence-electron chi connectivity index (χ1n) is 7.77. The zero-order chi connectivity index (χ0) is 15.6. The first kappa shape index (κ1) is 13.7. The third-order valence-electron chi connectivity index (χ3n) is 4.25. The Kier molecular flexibility index (Phi) is 3.39. The van der Waals surface area contributed by atoms with E-state index in [9.17, 15) is 0 Å². The van der Waals surface area contributed by atoms with Gasteiger partial charge in [-0.15, -0.1) is 0 Å². The van der Waals surface area contributed by atoms with Crippen molar-refractivity contribution < 1.29 is 0 Å². The van der Waals surface area contributed by atoms with Gasteiger partial charge in [-0.3, -0.25) is 0 Å². The highest BCUT2D eigenvalue weighted by atomic mass is 14.9. The van der Waals surface area contributed by atoms with Crippen LogP contribution in [0.25, 0.3) is 22.2 Å². The minimum atomic E-state index is 0.205.